The third-order valence-electron chi connectivity index (χ3n) is 2.00. The molecule has 5 heteroatoms. The summed E-state index contributed by atoms with van der Waals surface area (Å²) in [6.07, 6.45) is 0.109. The van der Waals surface area contributed by atoms with Gasteiger partial charge in [0.25, 0.3) is 0 Å². The summed E-state index contributed by atoms with van der Waals surface area (Å²) in [4.78, 5) is 22.2. The van der Waals surface area contributed by atoms with Crippen LogP contribution in [0.1, 0.15) is 20.3 Å². The maximum atomic E-state index is 11.4. The van der Waals surface area contributed by atoms with E-state index in [9.17, 15) is 9.59 Å². The number of aliphatic carboxylic acids is 1. The van der Waals surface area contributed by atoms with Gasteiger partial charge in [-0.15, -0.1) is 0 Å². The number of hydrogen-bond donors (Lipinski definition) is 1. The van der Waals surface area contributed by atoms with Crippen LogP contribution in [-0.4, -0.2) is 37.4 Å². The number of ether oxygens (including phenoxy) is 2. The van der Waals surface area contributed by atoms with Gasteiger partial charge in [-0.2, -0.15) is 0 Å². The zero-order valence-corrected chi connectivity index (χ0v) is 8.70. The number of carboxylic acids is 1. The van der Waals surface area contributed by atoms with E-state index in [2.05, 4.69) is 0 Å². The first-order valence-electron chi connectivity index (χ1n) is 4.38. The van der Waals surface area contributed by atoms with Crippen LogP contribution in [0.3, 0.4) is 0 Å². The van der Waals surface area contributed by atoms with Gasteiger partial charge in [0, 0.05) is 13.7 Å². The lowest BCUT2D eigenvalue weighted by Gasteiger charge is -2.21. The van der Waals surface area contributed by atoms with Crippen LogP contribution in [0.15, 0.2) is 0 Å². The largest absolute Gasteiger partial charge is 0.480 e. The van der Waals surface area contributed by atoms with Crippen LogP contribution in [-0.2, 0) is 19.1 Å². The average Bonchev–Trinajstić information content (AvgIpc) is 2.14. The van der Waals surface area contributed by atoms with Gasteiger partial charge < -0.3 is 14.6 Å². The number of carboxylic acid groups (broad SMARTS) is 1. The van der Waals surface area contributed by atoms with Crippen molar-refractivity contribution in [2.45, 2.75) is 20.3 Å². The molecule has 0 aromatic carbocycles. The van der Waals surface area contributed by atoms with Crippen LogP contribution in [0, 0.1) is 5.41 Å². The normalized spacial score (nSPS) is 14.5. The fraction of sp³-hybridized carbons (Fsp3) is 0.778. The molecular formula is C9H16O5. The Hall–Kier alpha value is -1.10. The molecule has 0 spiro atoms. The number of carbonyl (C=O) groups excluding carboxylic acids is 1. The van der Waals surface area contributed by atoms with Crippen molar-refractivity contribution >= 4 is 11.9 Å². The third kappa shape index (κ3) is 2.99. The predicted molar refractivity (Wildman–Crippen MR) is 48.9 cm³/mol. The molecule has 14 heavy (non-hydrogen) atoms. The molecule has 82 valence electrons. The molecule has 0 saturated heterocycles. The van der Waals surface area contributed by atoms with E-state index in [1.165, 1.54) is 14.0 Å². The molecular weight excluding hydrogens is 188 g/mol. The Kier molecular flexibility index (Phi) is 5.15. The molecule has 0 fully saturated rings. The van der Waals surface area contributed by atoms with Crippen molar-refractivity contribution in [2.24, 2.45) is 5.41 Å². The minimum absolute atomic E-state index is 0.109. The molecule has 1 atom stereocenters. The van der Waals surface area contributed by atoms with Gasteiger partial charge in [-0.1, -0.05) is 0 Å². The van der Waals surface area contributed by atoms with E-state index in [4.69, 9.17) is 14.6 Å². The number of methoxy groups -OCH3 is 1. The summed E-state index contributed by atoms with van der Waals surface area (Å²) in [5.74, 6) is -1.91. The number of esters is 1. The topological polar surface area (TPSA) is 72.8 Å². The Morgan fingerprint density at radius 3 is 2.36 bits per heavy atom. The van der Waals surface area contributed by atoms with Gasteiger partial charge in [-0.05, 0) is 20.3 Å². The summed E-state index contributed by atoms with van der Waals surface area (Å²) in [7, 11) is 1.45. The third-order valence-corrected chi connectivity index (χ3v) is 2.00. The first-order valence-corrected chi connectivity index (χ1v) is 4.38. The lowest BCUT2D eigenvalue weighted by Crippen LogP contribution is -2.38. The SMILES string of the molecule is CCOC(=O)C(C)(CCOC)C(=O)O. The molecule has 0 heterocycles. The molecule has 5 nitrogen and oxygen atoms in total. The first kappa shape index (κ1) is 12.9. The summed E-state index contributed by atoms with van der Waals surface area (Å²) in [6.45, 7) is 3.36. The summed E-state index contributed by atoms with van der Waals surface area (Å²) in [5, 5.41) is 8.90. The molecule has 0 radical (unpaired) electrons. The van der Waals surface area contributed by atoms with Crippen LogP contribution in [0.2, 0.25) is 0 Å². The van der Waals surface area contributed by atoms with Gasteiger partial charge in [0.15, 0.2) is 5.41 Å². The molecule has 0 rings (SSSR count). The smallest absolute Gasteiger partial charge is 0.323 e. The van der Waals surface area contributed by atoms with E-state index in [1.807, 2.05) is 0 Å². The summed E-state index contributed by atoms with van der Waals surface area (Å²) in [6, 6.07) is 0. The van der Waals surface area contributed by atoms with Crippen LogP contribution in [0.5, 0.6) is 0 Å². The number of rotatable bonds is 6. The van der Waals surface area contributed by atoms with E-state index >= 15 is 0 Å². The maximum Gasteiger partial charge on any atom is 0.323 e. The lowest BCUT2D eigenvalue weighted by atomic mass is 9.87. The second-order valence-electron chi connectivity index (χ2n) is 3.10. The number of hydrogen-bond acceptors (Lipinski definition) is 4. The summed E-state index contributed by atoms with van der Waals surface area (Å²) < 4.78 is 9.43. The zero-order valence-electron chi connectivity index (χ0n) is 8.70. The first-order chi connectivity index (χ1) is 6.49. The zero-order chi connectivity index (χ0) is 11.2. The van der Waals surface area contributed by atoms with Gasteiger partial charge in [-0.25, -0.2) is 0 Å². The Bertz CT molecular complexity index is 213. The molecule has 0 bridgehead atoms. The predicted octanol–water partition coefficient (Wildman–Crippen LogP) is 0.677. The highest BCUT2D eigenvalue weighted by Gasteiger charge is 2.42. The van der Waals surface area contributed by atoms with Gasteiger partial charge in [-0.3, -0.25) is 9.59 Å². The molecule has 0 aliphatic carbocycles. The van der Waals surface area contributed by atoms with Crippen LogP contribution < -0.4 is 0 Å². The highest BCUT2D eigenvalue weighted by Crippen LogP contribution is 2.23. The fourth-order valence-corrected chi connectivity index (χ4v) is 0.893. The van der Waals surface area contributed by atoms with Gasteiger partial charge in [0.1, 0.15) is 0 Å². The van der Waals surface area contributed by atoms with E-state index in [-0.39, 0.29) is 19.6 Å². The van der Waals surface area contributed by atoms with Crippen molar-refractivity contribution < 1.29 is 24.2 Å². The summed E-state index contributed by atoms with van der Waals surface area (Å²) >= 11 is 0. The van der Waals surface area contributed by atoms with Gasteiger partial charge in [0.2, 0.25) is 0 Å². The second-order valence-corrected chi connectivity index (χ2v) is 3.10. The van der Waals surface area contributed by atoms with Crippen molar-refractivity contribution in [1.29, 1.82) is 0 Å². The molecule has 0 aliphatic heterocycles. The highest BCUT2D eigenvalue weighted by atomic mass is 16.5. The number of carbonyl (C=O) groups is 2. The van der Waals surface area contributed by atoms with E-state index in [0.29, 0.717) is 0 Å². The molecule has 1 N–H and O–H groups in total. The Labute approximate surface area is 83.0 Å². The van der Waals surface area contributed by atoms with Gasteiger partial charge >= 0.3 is 11.9 Å². The molecule has 0 saturated carbocycles. The van der Waals surface area contributed by atoms with Crippen LogP contribution in [0.25, 0.3) is 0 Å². The van der Waals surface area contributed by atoms with E-state index < -0.39 is 17.4 Å². The fourth-order valence-electron chi connectivity index (χ4n) is 0.893. The minimum Gasteiger partial charge on any atom is -0.480 e. The van der Waals surface area contributed by atoms with Crippen molar-refractivity contribution in [3.05, 3.63) is 0 Å². The lowest BCUT2D eigenvalue weighted by molar-refractivity contribution is -0.168. The van der Waals surface area contributed by atoms with Gasteiger partial charge in [0.05, 0.1) is 6.61 Å². The monoisotopic (exact) mass is 204 g/mol. The molecule has 0 aromatic rings. The maximum absolute atomic E-state index is 11.4. The minimum atomic E-state index is -1.51. The highest BCUT2D eigenvalue weighted by molar-refractivity contribution is 5.98. The molecule has 0 amide bonds. The Morgan fingerprint density at radius 1 is 1.43 bits per heavy atom. The molecule has 0 aromatic heterocycles. The van der Waals surface area contributed by atoms with Crippen molar-refractivity contribution in [2.75, 3.05) is 20.3 Å². The van der Waals surface area contributed by atoms with Crippen molar-refractivity contribution in [3.63, 3.8) is 0 Å². The standard InChI is InChI=1S/C9H16O5/c1-4-14-8(12)9(2,7(10)11)5-6-13-3/h4-6H2,1-3H3,(H,10,11). The quantitative estimate of drug-likeness (QED) is 0.508. The van der Waals surface area contributed by atoms with E-state index in [1.54, 1.807) is 6.92 Å². The van der Waals surface area contributed by atoms with E-state index in [0.717, 1.165) is 0 Å². The molecule has 1 unspecified atom stereocenters. The second kappa shape index (κ2) is 5.59. The van der Waals surface area contributed by atoms with Crippen molar-refractivity contribution in [1.82, 2.24) is 0 Å². The summed E-state index contributed by atoms with van der Waals surface area (Å²) in [5.41, 5.74) is -1.51. The van der Waals surface area contributed by atoms with Crippen LogP contribution in [0.4, 0.5) is 0 Å². The Morgan fingerprint density at radius 2 is 2.00 bits per heavy atom. The van der Waals surface area contributed by atoms with Crippen molar-refractivity contribution in [3.8, 4) is 0 Å². The average molecular weight is 204 g/mol. The van der Waals surface area contributed by atoms with Crippen LogP contribution >= 0.6 is 0 Å². The Balaban J connectivity index is 4.53. The molecule has 0 aliphatic rings.